The van der Waals surface area contributed by atoms with Crippen LogP contribution in [0.25, 0.3) is 0 Å². The lowest BCUT2D eigenvalue weighted by atomic mass is 9.83. The average molecular weight is 536 g/mol. The van der Waals surface area contributed by atoms with Crippen LogP contribution in [0.3, 0.4) is 0 Å². The van der Waals surface area contributed by atoms with Gasteiger partial charge in [-0.15, -0.1) is 0 Å². The summed E-state index contributed by atoms with van der Waals surface area (Å²) in [4.78, 5) is 30.1. The Balaban J connectivity index is 1.60. The highest BCUT2D eigenvalue weighted by molar-refractivity contribution is 5.79. The third kappa shape index (κ3) is 6.51. The predicted molar refractivity (Wildman–Crippen MR) is 138 cm³/mol. The van der Waals surface area contributed by atoms with E-state index in [-0.39, 0.29) is 37.5 Å². The number of fused-ring (bicyclic) bond motifs is 1. The van der Waals surface area contributed by atoms with Gasteiger partial charge in [0.15, 0.2) is 17.8 Å². The first-order chi connectivity index (χ1) is 18.5. The maximum Gasteiger partial charge on any atom is 0.308 e. The van der Waals surface area contributed by atoms with Crippen molar-refractivity contribution in [1.82, 2.24) is 9.80 Å². The summed E-state index contributed by atoms with van der Waals surface area (Å²) >= 11 is 0. The molecule has 3 unspecified atom stereocenters. The zero-order chi connectivity index (χ0) is 27.1. The maximum atomic E-state index is 13.5. The highest BCUT2D eigenvalue weighted by atomic mass is 16.7. The molecule has 0 aromatic heterocycles. The summed E-state index contributed by atoms with van der Waals surface area (Å²) in [5, 5.41) is 10.4. The van der Waals surface area contributed by atoms with Gasteiger partial charge in [-0.3, -0.25) is 14.5 Å². The highest BCUT2D eigenvalue weighted by Crippen LogP contribution is 2.47. The smallest absolute Gasteiger partial charge is 0.308 e. The fraction of sp³-hybridized carbons (Fsp3) is 0.704. The van der Waals surface area contributed by atoms with E-state index in [0.717, 1.165) is 24.8 Å². The molecular weight excluding hydrogens is 494 g/mol. The Morgan fingerprint density at radius 1 is 1.16 bits per heavy atom. The second kappa shape index (κ2) is 13.5. The summed E-state index contributed by atoms with van der Waals surface area (Å²) in [5.74, 6) is -0.439. The molecule has 4 rings (SSSR count). The van der Waals surface area contributed by atoms with Crippen molar-refractivity contribution in [2.75, 3.05) is 59.8 Å². The van der Waals surface area contributed by atoms with Gasteiger partial charge in [-0.2, -0.15) is 0 Å². The Morgan fingerprint density at radius 2 is 1.92 bits per heavy atom. The summed E-state index contributed by atoms with van der Waals surface area (Å²) in [6.45, 7) is 5.60. The highest BCUT2D eigenvalue weighted by Gasteiger charge is 2.48. The van der Waals surface area contributed by atoms with E-state index in [1.54, 1.807) is 7.11 Å². The molecule has 3 atom stereocenters. The van der Waals surface area contributed by atoms with Gasteiger partial charge in [-0.25, -0.2) is 0 Å². The molecule has 3 aliphatic rings. The zero-order valence-corrected chi connectivity index (χ0v) is 22.4. The van der Waals surface area contributed by atoms with Crippen LogP contribution in [0.4, 0.5) is 0 Å². The van der Waals surface area contributed by atoms with Crippen molar-refractivity contribution < 1.29 is 38.4 Å². The van der Waals surface area contributed by atoms with Gasteiger partial charge in [-0.05, 0) is 49.9 Å². The number of benzene rings is 1. The van der Waals surface area contributed by atoms with Gasteiger partial charge in [0.1, 0.15) is 0 Å². The summed E-state index contributed by atoms with van der Waals surface area (Å²) in [6, 6.07) is 3.30. The first-order valence-electron chi connectivity index (χ1n) is 13.6. The van der Waals surface area contributed by atoms with Gasteiger partial charge < -0.3 is 39.4 Å². The van der Waals surface area contributed by atoms with E-state index in [1.165, 1.54) is 0 Å². The molecule has 11 nitrogen and oxygen atoms in total. The molecule has 1 aromatic carbocycles. The number of hydrogen-bond donors (Lipinski definition) is 2. The molecule has 0 spiro atoms. The van der Waals surface area contributed by atoms with Crippen LogP contribution >= 0.6 is 0 Å². The molecule has 212 valence electrons. The van der Waals surface area contributed by atoms with Crippen molar-refractivity contribution in [2.24, 2.45) is 11.7 Å². The number of carboxylic acids is 1. The topological polar surface area (TPSA) is 133 Å². The number of carbonyl (C=O) groups is 2. The number of nitrogens with two attached hydrogens (primary N) is 1. The molecule has 0 aliphatic carbocycles. The lowest BCUT2D eigenvalue weighted by Gasteiger charge is -2.30. The number of unbranched alkanes of at least 4 members (excludes halogenated alkanes) is 1. The number of carbonyl (C=O) groups excluding carboxylic acids is 1. The quantitative estimate of drug-likeness (QED) is 0.364. The monoisotopic (exact) mass is 535 g/mol. The summed E-state index contributed by atoms with van der Waals surface area (Å²) in [6.07, 6.45) is 3.36. The van der Waals surface area contributed by atoms with E-state index in [4.69, 9.17) is 29.4 Å². The van der Waals surface area contributed by atoms with E-state index < -0.39 is 11.9 Å². The Kier molecular flexibility index (Phi) is 10.1. The number of aliphatic carboxylic acids is 1. The number of likely N-dealkylation sites (tertiary alicyclic amines) is 1. The Hall–Kier alpha value is -2.60. The molecule has 3 N–H and O–H groups in total. The summed E-state index contributed by atoms with van der Waals surface area (Å²) < 4.78 is 27.9. The number of carboxylic acid groups (broad SMARTS) is 1. The van der Waals surface area contributed by atoms with Crippen molar-refractivity contribution in [2.45, 2.75) is 57.3 Å². The number of amides is 1. The van der Waals surface area contributed by atoms with E-state index in [0.29, 0.717) is 69.5 Å². The Labute approximate surface area is 224 Å². The number of methoxy groups -OCH3 is 1. The van der Waals surface area contributed by atoms with Crippen molar-refractivity contribution in [1.29, 1.82) is 0 Å². The van der Waals surface area contributed by atoms with E-state index in [2.05, 4.69) is 6.92 Å². The molecule has 0 radical (unpaired) electrons. The number of ether oxygens (including phenoxy) is 5. The fourth-order valence-corrected chi connectivity index (χ4v) is 5.70. The minimum Gasteiger partial charge on any atom is -0.493 e. The summed E-state index contributed by atoms with van der Waals surface area (Å²) in [7, 11) is 1.55. The van der Waals surface area contributed by atoms with Crippen LogP contribution in [0.1, 0.15) is 50.5 Å². The van der Waals surface area contributed by atoms with E-state index >= 15 is 0 Å². The van der Waals surface area contributed by atoms with Crippen LogP contribution < -0.4 is 19.9 Å². The summed E-state index contributed by atoms with van der Waals surface area (Å²) in [5.41, 5.74) is 6.51. The van der Waals surface area contributed by atoms with Crippen LogP contribution in [-0.4, -0.2) is 99.0 Å². The molecule has 2 saturated heterocycles. The molecule has 3 heterocycles. The third-order valence-corrected chi connectivity index (χ3v) is 7.64. The van der Waals surface area contributed by atoms with E-state index in [1.807, 2.05) is 21.9 Å². The van der Waals surface area contributed by atoms with Crippen molar-refractivity contribution in [3.8, 4) is 17.2 Å². The number of nitrogens with zero attached hydrogens (tertiary/aromatic N) is 2. The van der Waals surface area contributed by atoms with Crippen molar-refractivity contribution in [3.63, 3.8) is 0 Å². The lowest BCUT2D eigenvalue weighted by molar-refractivity contribution is -0.144. The van der Waals surface area contributed by atoms with Crippen LogP contribution in [0, 0.1) is 5.92 Å². The Morgan fingerprint density at radius 3 is 2.61 bits per heavy atom. The Bertz CT molecular complexity index is 946. The first-order valence-corrected chi connectivity index (χ1v) is 13.6. The third-order valence-electron chi connectivity index (χ3n) is 7.64. The molecule has 1 amide bonds. The lowest BCUT2D eigenvalue weighted by Crippen LogP contribution is -2.45. The molecule has 1 aromatic rings. The number of rotatable bonds is 14. The largest absolute Gasteiger partial charge is 0.493 e. The molecule has 2 fully saturated rings. The number of hydrogen-bond acceptors (Lipinski definition) is 9. The molecule has 3 aliphatic heterocycles. The molecule has 0 bridgehead atoms. The molecule has 0 saturated carbocycles. The molecule has 11 heteroatoms. The van der Waals surface area contributed by atoms with Crippen LogP contribution in [-0.2, 0) is 19.1 Å². The van der Waals surface area contributed by atoms with Gasteiger partial charge in [-0.1, -0.05) is 13.3 Å². The minimum absolute atomic E-state index is 0.00155. The van der Waals surface area contributed by atoms with Gasteiger partial charge >= 0.3 is 5.97 Å². The average Bonchev–Trinajstić information content (AvgIpc) is 3.67. The maximum absolute atomic E-state index is 13.5. The first kappa shape index (κ1) is 28.4. The predicted octanol–water partition coefficient (Wildman–Crippen LogP) is 2.02. The van der Waals surface area contributed by atoms with Crippen LogP contribution in [0.5, 0.6) is 17.2 Å². The van der Waals surface area contributed by atoms with Crippen molar-refractivity contribution in [3.05, 3.63) is 17.7 Å². The van der Waals surface area contributed by atoms with Crippen LogP contribution in [0.15, 0.2) is 12.1 Å². The minimum atomic E-state index is -0.897. The second-order valence-electron chi connectivity index (χ2n) is 10.0. The van der Waals surface area contributed by atoms with Crippen molar-refractivity contribution >= 4 is 11.9 Å². The fourth-order valence-electron chi connectivity index (χ4n) is 5.70. The van der Waals surface area contributed by atoms with Gasteiger partial charge in [0.25, 0.3) is 0 Å². The zero-order valence-electron chi connectivity index (χ0n) is 22.4. The molecule has 38 heavy (non-hydrogen) atoms. The van der Waals surface area contributed by atoms with Crippen LogP contribution in [0.2, 0.25) is 0 Å². The molecular formula is C27H41N3O8. The SMILES string of the molecule is CCCCN(CCCN)C(=O)CN1CC(c2cc(OC)c3c(c2)OCO3)C(C(=O)O)C1CCC1OCCO1. The van der Waals surface area contributed by atoms with E-state index in [9.17, 15) is 14.7 Å². The van der Waals surface area contributed by atoms with Gasteiger partial charge in [0.2, 0.25) is 18.4 Å². The van der Waals surface area contributed by atoms with Gasteiger partial charge in [0, 0.05) is 31.6 Å². The van der Waals surface area contributed by atoms with Gasteiger partial charge in [0.05, 0.1) is 32.8 Å². The normalized spacial score (nSPS) is 23.2. The standard InChI is InChI=1S/C27H41N3O8/c1-3-4-9-29(10-5-8-28)23(31)16-30-15-19(18-13-21(34-2)26-22(14-18)37-17-38-26)25(27(32)33)20(30)6-7-24-35-11-12-36-24/h13-14,19-20,24-25H,3-12,15-17,28H2,1-2H3,(H,32,33). The second-order valence-corrected chi connectivity index (χ2v) is 10.0.